The topological polar surface area (TPSA) is 29.5 Å². The molecule has 0 spiro atoms. The van der Waals surface area contributed by atoms with Crippen LogP contribution < -0.4 is 0 Å². The molecule has 0 saturated heterocycles. The Morgan fingerprint density at radius 1 is 1.55 bits per heavy atom. The van der Waals surface area contributed by atoms with E-state index in [9.17, 15) is 5.11 Å². The van der Waals surface area contributed by atoms with Gasteiger partial charge in [-0.25, -0.2) is 0 Å². The van der Waals surface area contributed by atoms with Crippen LogP contribution in [-0.2, 0) is 4.74 Å². The lowest BCUT2D eigenvalue weighted by Gasteiger charge is -2.38. The van der Waals surface area contributed by atoms with Crippen molar-refractivity contribution in [2.75, 3.05) is 13.2 Å². The second-order valence-corrected chi connectivity index (χ2v) is 3.62. The van der Waals surface area contributed by atoms with E-state index in [1.165, 1.54) is 19.3 Å². The van der Waals surface area contributed by atoms with E-state index in [4.69, 9.17) is 4.74 Å². The Kier molecular flexibility index (Phi) is 2.90. The van der Waals surface area contributed by atoms with Crippen molar-refractivity contribution in [1.29, 1.82) is 0 Å². The highest BCUT2D eigenvalue weighted by atomic mass is 16.5. The summed E-state index contributed by atoms with van der Waals surface area (Å²) in [5.41, 5.74) is -0.575. The lowest BCUT2D eigenvalue weighted by atomic mass is 9.74. The summed E-state index contributed by atoms with van der Waals surface area (Å²) in [4.78, 5) is 0. The molecule has 1 aliphatic carbocycles. The van der Waals surface area contributed by atoms with Gasteiger partial charge in [-0.1, -0.05) is 6.42 Å². The Hall–Kier alpha value is -0.0800. The third-order valence-corrected chi connectivity index (χ3v) is 2.58. The molecule has 11 heavy (non-hydrogen) atoms. The zero-order chi connectivity index (χ0) is 8.32. The van der Waals surface area contributed by atoms with Crippen LogP contribution in [0.5, 0.6) is 0 Å². The maximum Gasteiger partial charge on any atom is 0.0880 e. The first kappa shape index (κ1) is 9.01. The van der Waals surface area contributed by atoms with E-state index in [1.807, 2.05) is 13.8 Å². The van der Waals surface area contributed by atoms with E-state index in [2.05, 4.69) is 0 Å². The van der Waals surface area contributed by atoms with Crippen molar-refractivity contribution in [3.05, 3.63) is 0 Å². The van der Waals surface area contributed by atoms with E-state index in [0.717, 1.165) is 0 Å². The standard InChI is InChI=1S/C9H18O2/c1-3-11-7-9(2,10)8-5-4-6-8/h8,10H,3-7H2,1-2H3. The molecule has 0 aliphatic heterocycles. The molecule has 0 heterocycles. The maximum absolute atomic E-state index is 9.84. The second kappa shape index (κ2) is 3.55. The number of ether oxygens (including phenoxy) is 1. The van der Waals surface area contributed by atoms with Crippen LogP contribution in [0.2, 0.25) is 0 Å². The molecule has 0 aromatic carbocycles. The van der Waals surface area contributed by atoms with Crippen molar-refractivity contribution >= 4 is 0 Å². The first-order valence-corrected chi connectivity index (χ1v) is 4.47. The van der Waals surface area contributed by atoms with E-state index < -0.39 is 5.60 Å². The van der Waals surface area contributed by atoms with Crippen molar-refractivity contribution in [3.63, 3.8) is 0 Å². The van der Waals surface area contributed by atoms with Gasteiger partial charge in [0.25, 0.3) is 0 Å². The zero-order valence-corrected chi connectivity index (χ0v) is 7.47. The van der Waals surface area contributed by atoms with Gasteiger partial charge in [0, 0.05) is 6.61 Å². The normalized spacial score (nSPS) is 24.3. The van der Waals surface area contributed by atoms with Crippen molar-refractivity contribution in [2.45, 2.75) is 38.7 Å². The van der Waals surface area contributed by atoms with Crippen LogP contribution in [0.3, 0.4) is 0 Å². The monoisotopic (exact) mass is 158 g/mol. The van der Waals surface area contributed by atoms with Crippen LogP contribution in [0.4, 0.5) is 0 Å². The van der Waals surface area contributed by atoms with Crippen molar-refractivity contribution in [1.82, 2.24) is 0 Å². The Balaban J connectivity index is 2.25. The van der Waals surface area contributed by atoms with Gasteiger partial charge >= 0.3 is 0 Å². The number of aliphatic hydroxyl groups is 1. The molecule has 0 aromatic rings. The van der Waals surface area contributed by atoms with Gasteiger partial charge in [0.05, 0.1) is 12.2 Å². The van der Waals surface area contributed by atoms with Crippen LogP contribution in [0.1, 0.15) is 33.1 Å². The molecule has 2 nitrogen and oxygen atoms in total. The first-order valence-electron chi connectivity index (χ1n) is 4.47. The smallest absolute Gasteiger partial charge is 0.0880 e. The molecule has 1 saturated carbocycles. The lowest BCUT2D eigenvalue weighted by molar-refractivity contribution is -0.0910. The van der Waals surface area contributed by atoms with Crippen LogP contribution in [0, 0.1) is 5.92 Å². The molecule has 0 amide bonds. The van der Waals surface area contributed by atoms with Crippen molar-refractivity contribution < 1.29 is 9.84 Å². The van der Waals surface area contributed by atoms with Gasteiger partial charge in [0.1, 0.15) is 0 Å². The van der Waals surface area contributed by atoms with E-state index in [1.54, 1.807) is 0 Å². The van der Waals surface area contributed by atoms with E-state index in [-0.39, 0.29) is 0 Å². The molecule has 0 radical (unpaired) electrons. The van der Waals surface area contributed by atoms with E-state index >= 15 is 0 Å². The van der Waals surface area contributed by atoms with Gasteiger partial charge in [-0.15, -0.1) is 0 Å². The van der Waals surface area contributed by atoms with Gasteiger partial charge in [-0.05, 0) is 32.6 Å². The Morgan fingerprint density at radius 2 is 2.18 bits per heavy atom. The fraction of sp³-hybridized carbons (Fsp3) is 1.00. The fourth-order valence-corrected chi connectivity index (χ4v) is 1.46. The minimum absolute atomic E-state index is 0.481. The lowest BCUT2D eigenvalue weighted by Crippen LogP contribution is -2.42. The molecular formula is C9H18O2. The molecule has 0 bridgehead atoms. The van der Waals surface area contributed by atoms with Gasteiger partial charge in [0.2, 0.25) is 0 Å². The highest BCUT2D eigenvalue weighted by Gasteiger charge is 2.35. The number of hydrogen-bond acceptors (Lipinski definition) is 2. The summed E-state index contributed by atoms with van der Waals surface area (Å²) in [6.07, 6.45) is 3.60. The van der Waals surface area contributed by atoms with Gasteiger partial charge in [0.15, 0.2) is 0 Å². The Bertz CT molecular complexity index is 117. The summed E-state index contributed by atoms with van der Waals surface area (Å²) in [6, 6.07) is 0. The highest BCUT2D eigenvalue weighted by molar-refractivity contribution is 4.87. The number of rotatable bonds is 4. The van der Waals surface area contributed by atoms with Crippen LogP contribution in [0.15, 0.2) is 0 Å². The predicted octanol–water partition coefficient (Wildman–Crippen LogP) is 1.57. The third-order valence-electron chi connectivity index (χ3n) is 2.58. The molecule has 1 fully saturated rings. The zero-order valence-electron chi connectivity index (χ0n) is 7.47. The average Bonchev–Trinajstić information content (AvgIpc) is 1.78. The van der Waals surface area contributed by atoms with Crippen LogP contribution in [0.25, 0.3) is 0 Å². The SMILES string of the molecule is CCOCC(C)(O)C1CCC1. The largest absolute Gasteiger partial charge is 0.387 e. The summed E-state index contributed by atoms with van der Waals surface area (Å²) in [5, 5.41) is 9.84. The van der Waals surface area contributed by atoms with E-state index in [0.29, 0.717) is 19.1 Å². The fourth-order valence-electron chi connectivity index (χ4n) is 1.46. The molecule has 1 unspecified atom stereocenters. The molecular weight excluding hydrogens is 140 g/mol. The van der Waals surface area contributed by atoms with Crippen molar-refractivity contribution in [3.8, 4) is 0 Å². The minimum Gasteiger partial charge on any atom is -0.387 e. The van der Waals surface area contributed by atoms with Crippen molar-refractivity contribution in [2.24, 2.45) is 5.92 Å². The Labute approximate surface area is 68.6 Å². The second-order valence-electron chi connectivity index (χ2n) is 3.62. The summed E-state index contributed by atoms with van der Waals surface area (Å²) < 4.78 is 5.21. The summed E-state index contributed by atoms with van der Waals surface area (Å²) in [6.45, 7) is 5.03. The highest BCUT2D eigenvalue weighted by Crippen LogP contribution is 2.35. The molecule has 2 heteroatoms. The van der Waals surface area contributed by atoms with Crippen LogP contribution >= 0.6 is 0 Å². The molecule has 1 N–H and O–H groups in total. The summed E-state index contributed by atoms with van der Waals surface area (Å²) >= 11 is 0. The molecule has 1 aliphatic rings. The van der Waals surface area contributed by atoms with Crippen LogP contribution in [-0.4, -0.2) is 23.9 Å². The van der Waals surface area contributed by atoms with Gasteiger partial charge in [-0.3, -0.25) is 0 Å². The first-order chi connectivity index (χ1) is 5.17. The number of hydrogen-bond donors (Lipinski definition) is 1. The quantitative estimate of drug-likeness (QED) is 0.673. The average molecular weight is 158 g/mol. The maximum atomic E-state index is 9.84. The Morgan fingerprint density at radius 3 is 2.55 bits per heavy atom. The summed E-state index contributed by atoms with van der Waals surface area (Å²) in [7, 11) is 0. The predicted molar refractivity (Wildman–Crippen MR) is 44.5 cm³/mol. The molecule has 0 aromatic heterocycles. The van der Waals surface area contributed by atoms with Gasteiger partial charge < -0.3 is 9.84 Å². The van der Waals surface area contributed by atoms with Gasteiger partial charge in [-0.2, -0.15) is 0 Å². The molecule has 66 valence electrons. The molecule has 1 rings (SSSR count). The molecule has 1 atom stereocenters. The third kappa shape index (κ3) is 2.17. The summed E-state index contributed by atoms with van der Waals surface area (Å²) in [5.74, 6) is 0.481. The minimum atomic E-state index is -0.575.